The Labute approximate surface area is 117 Å². The van der Waals surface area contributed by atoms with E-state index in [0.717, 1.165) is 31.6 Å². The van der Waals surface area contributed by atoms with Gasteiger partial charge in [0.25, 0.3) is 0 Å². The predicted octanol–water partition coefficient (Wildman–Crippen LogP) is 1.68. The van der Waals surface area contributed by atoms with E-state index in [1.807, 2.05) is 25.5 Å². The molecule has 1 aromatic heterocycles. The van der Waals surface area contributed by atoms with Crippen molar-refractivity contribution < 1.29 is 9.90 Å². The summed E-state index contributed by atoms with van der Waals surface area (Å²) >= 11 is 0. The van der Waals surface area contributed by atoms with Gasteiger partial charge in [-0.2, -0.15) is 5.10 Å². The molecule has 1 aliphatic heterocycles. The zero-order valence-corrected chi connectivity index (χ0v) is 11.4. The van der Waals surface area contributed by atoms with Crippen LogP contribution in [0.3, 0.4) is 0 Å². The maximum absolute atomic E-state index is 11.0. The van der Waals surface area contributed by atoms with Crippen molar-refractivity contribution >= 4 is 5.97 Å². The van der Waals surface area contributed by atoms with Crippen molar-refractivity contribution in [1.82, 2.24) is 14.7 Å². The molecule has 5 heteroatoms. The molecule has 0 aliphatic carbocycles. The van der Waals surface area contributed by atoms with E-state index in [1.54, 1.807) is 16.8 Å². The Morgan fingerprint density at radius 1 is 1.40 bits per heavy atom. The number of hydrogen-bond donors (Lipinski definition) is 1. The third-order valence-corrected chi connectivity index (χ3v) is 3.71. The van der Waals surface area contributed by atoms with E-state index in [4.69, 9.17) is 5.11 Å². The Hall–Kier alpha value is -2.14. The van der Waals surface area contributed by atoms with E-state index in [2.05, 4.69) is 10.00 Å². The van der Waals surface area contributed by atoms with Crippen LogP contribution in [0, 0.1) is 0 Å². The number of carboxylic acid groups (broad SMARTS) is 1. The van der Waals surface area contributed by atoms with Gasteiger partial charge in [-0.3, -0.25) is 9.58 Å². The summed E-state index contributed by atoms with van der Waals surface area (Å²) in [4.78, 5) is 13.4. The molecule has 0 spiro atoms. The second-order valence-electron chi connectivity index (χ2n) is 5.27. The maximum Gasteiger partial charge on any atom is 0.335 e. The standard InChI is InChI=1S/C15H17N3O2/c1-17-8-11(7-16-17)9-18-5-4-12-2-3-13(15(19)20)6-14(12)10-18/h2-3,6-8H,4-5,9-10H2,1H3,(H,19,20). The van der Waals surface area contributed by atoms with Crippen molar-refractivity contribution in [1.29, 1.82) is 0 Å². The van der Waals surface area contributed by atoms with Crippen LogP contribution in [0.4, 0.5) is 0 Å². The number of hydrogen-bond acceptors (Lipinski definition) is 3. The highest BCUT2D eigenvalue weighted by Crippen LogP contribution is 2.21. The number of aromatic nitrogens is 2. The van der Waals surface area contributed by atoms with Gasteiger partial charge >= 0.3 is 5.97 Å². The highest BCUT2D eigenvalue weighted by Gasteiger charge is 2.18. The summed E-state index contributed by atoms with van der Waals surface area (Å²) in [6, 6.07) is 5.44. The molecule has 2 heterocycles. The molecule has 0 saturated carbocycles. The third-order valence-electron chi connectivity index (χ3n) is 3.71. The molecule has 0 saturated heterocycles. The largest absolute Gasteiger partial charge is 0.478 e. The van der Waals surface area contributed by atoms with Crippen LogP contribution in [0.25, 0.3) is 0 Å². The average molecular weight is 271 g/mol. The highest BCUT2D eigenvalue weighted by atomic mass is 16.4. The van der Waals surface area contributed by atoms with Gasteiger partial charge < -0.3 is 5.11 Å². The summed E-state index contributed by atoms with van der Waals surface area (Å²) in [6.07, 6.45) is 4.86. The first-order valence-corrected chi connectivity index (χ1v) is 6.67. The second-order valence-corrected chi connectivity index (χ2v) is 5.27. The van der Waals surface area contributed by atoms with Crippen molar-refractivity contribution in [3.8, 4) is 0 Å². The van der Waals surface area contributed by atoms with Gasteiger partial charge in [-0.05, 0) is 29.7 Å². The topological polar surface area (TPSA) is 58.4 Å². The number of carbonyl (C=O) groups is 1. The van der Waals surface area contributed by atoms with Crippen molar-refractivity contribution in [3.05, 3.63) is 52.8 Å². The summed E-state index contributed by atoms with van der Waals surface area (Å²) in [6.45, 7) is 2.64. The molecule has 1 aliphatic rings. The van der Waals surface area contributed by atoms with Gasteiger partial charge in [0.15, 0.2) is 0 Å². The molecule has 104 valence electrons. The number of carboxylic acids is 1. The molecule has 0 amide bonds. The summed E-state index contributed by atoms with van der Waals surface area (Å²) in [5.41, 5.74) is 3.94. The predicted molar refractivity (Wildman–Crippen MR) is 74.4 cm³/mol. The lowest BCUT2D eigenvalue weighted by atomic mass is 9.97. The molecule has 5 nitrogen and oxygen atoms in total. The molecule has 0 radical (unpaired) electrons. The van der Waals surface area contributed by atoms with E-state index in [-0.39, 0.29) is 0 Å². The van der Waals surface area contributed by atoms with Crippen molar-refractivity contribution in [2.24, 2.45) is 7.05 Å². The van der Waals surface area contributed by atoms with Crippen LogP contribution in [-0.4, -0.2) is 32.3 Å². The van der Waals surface area contributed by atoms with E-state index in [0.29, 0.717) is 5.56 Å². The third kappa shape index (κ3) is 2.58. The van der Waals surface area contributed by atoms with Crippen LogP contribution >= 0.6 is 0 Å². The quantitative estimate of drug-likeness (QED) is 0.922. The van der Waals surface area contributed by atoms with Gasteiger partial charge in [-0.25, -0.2) is 4.79 Å². The Balaban J connectivity index is 1.76. The van der Waals surface area contributed by atoms with Crippen LogP contribution in [0.15, 0.2) is 30.6 Å². The van der Waals surface area contributed by atoms with Crippen LogP contribution in [0.1, 0.15) is 27.0 Å². The van der Waals surface area contributed by atoms with Gasteiger partial charge in [0.1, 0.15) is 0 Å². The van der Waals surface area contributed by atoms with Crippen LogP contribution in [0.5, 0.6) is 0 Å². The SMILES string of the molecule is Cn1cc(CN2CCc3ccc(C(=O)O)cc3C2)cn1. The number of aryl methyl sites for hydroxylation is 1. The lowest BCUT2D eigenvalue weighted by Gasteiger charge is -2.28. The van der Waals surface area contributed by atoms with Crippen molar-refractivity contribution in [3.63, 3.8) is 0 Å². The molecule has 1 N–H and O–H groups in total. The van der Waals surface area contributed by atoms with Crippen LogP contribution in [0.2, 0.25) is 0 Å². The zero-order valence-electron chi connectivity index (χ0n) is 11.4. The summed E-state index contributed by atoms with van der Waals surface area (Å²) < 4.78 is 1.80. The van der Waals surface area contributed by atoms with Gasteiger partial charge in [0.05, 0.1) is 11.8 Å². The van der Waals surface area contributed by atoms with Gasteiger partial charge in [0, 0.05) is 38.4 Å². The summed E-state index contributed by atoms with van der Waals surface area (Å²) in [5, 5.41) is 13.2. The molecule has 0 fully saturated rings. The molecule has 3 rings (SSSR count). The first-order valence-electron chi connectivity index (χ1n) is 6.67. The fourth-order valence-electron chi connectivity index (χ4n) is 2.70. The minimum atomic E-state index is -0.864. The molecule has 1 aromatic carbocycles. The van der Waals surface area contributed by atoms with E-state index < -0.39 is 5.97 Å². The normalized spacial score (nSPS) is 15.1. The monoisotopic (exact) mass is 271 g/mol. The van der Waals surface area contributed by atoms with Crippen LogP contribution < -0.4 is 0 Å². The van der Waals surface area contributed by atoms with E-state index in [9.17, 15) is 4.79 Å². The average Bonchev–Trinajstić information content (AvgIpc) is 2.83. The minimum Gasteiger partial charge on any atom is -0.478 e. The first-order chi connectivity index (χ1) is 9.61. The molecular formula is C15H17N3O2. The number of benzene rings is 1. The Kier molecular flexibility index (Phi) is 3.28. The van der Waals surface area contributed by atoms with Crippen LogP contribution in [-0.2, 0) is 26.6 Å². The van der Waals surface area contributed by atoms with Gasteiger partial charge in [0.2, 0.25) is 0 Å². The smallest absolute Gasteiger partial charge is 0.335 e. The van der Waals surface area contributed by atoms with E-state index in [1.165, 1.54) is 11.1 Å². The summed E-state index contributed by atoms with van der Waals surface area (Å²) in [5.74, 6) is -0.864. The van der Waals surface area contributed by atoms with Gasteiger partial charge in [-0.15, -0.1) is 0 Å². The Morgan fingerprint density at radius 3 is 2.95 bits per heavy atom. The molecule has 2 aromatic rings. The van der Waals surface area contributed by atoms with Crippen molar-refractivity contribution in [2.45, 2.75) is 19.5 Å². The number of rotatable bonds is 3. The molecule has 0 unspecified atom stereocenters. The fraction of sp³-hybridized carbons (Fsp3) is 0.333. The highest BCUT2D eigenvalue weighted by molar-refractivity contribution is 5.87. The lowest BCUT2D eigenvalue weighted by Crippen LogP contribution is -2.30. The number of fused-ring (bicyclic) bond motifs is 1. The summed E-state index contributed by atoms with van der Waals surface area (Å²) in [7, 11) is 1.91. The molecule has 0 bridgehead atoms. The van der Waals surface area contributed by atoms with Crippen molar-refractivity contribution in [2.75, 3.05) is 6.54 Å². The number of nitrogens with zero attached hydrogens (tertiary/aromatic N) is 3. The zero-order chi connectivity index (χ0) is 14.1. The second kappa shape index (κ2) is 5.09. The molecule has 20 heavy (non-hydrogen) atoms. The first kappa shape index (κ1) is 12.9. The fourth-order valence-corrected chi connectivity index (χ4v) is 2.70. The Bertz CT molecular complexity index is 648. The van der Waals surface area contributed by atoms with Gasteiger partial charge in [-0.1, -0.05) is 6.07 Å². The molecule has 0 atom stereocenters. The van der Waals surface area contributed by atoms with E-state index >= 15 is 0 Å². The maximum atomic E-state index is 11.0. The minimum absolute atomic E-state index is 0.368. The molecular weight excluding hydrogens is 254 g/mol. The Morgan fingerprint density at radius 2 is 2.25 bits per heavy atom. The lowest BCUT2D eigenvalue weighted by molar-refractivity contribution is 0.0696. The number of aromatic carboxylic acids is 1.